The standard InChI is InChI=1S/C18H28N4O3S/c1-3-20-10-14-22(15-11-20)26(24,25)17-6-4-16(5-7-17)18(23)21-12-8-19(2)9-13-21/h4-7H,3,8-15H2,1-2H3. The maximum atomic E-state index is 12.8. The summed E-state index contributed by atoms with van der Waals surface area (Å²) in [6.07, 6.45) is 0. The number of benzene rings is 1. The second-order valence-corrected chi connectivity index (χ2v) is 8.90. The van der Waals surface area contributed by atoms with Crippen LogP contribution in [0.15, 0.2) is 29.2 Å². The predicted octanol–water partition coefficient (Wildman–Crippen LogP) is 0.400. The van der Waals surface area contributed by atoms with Crippen LogP contribution in [0.2, 0.25) is 0 Å². The molecule has 0 saturated carbocycles. The summed E-state index contributed by atoms with van der Waals surface area (Å²) in [5.41, 5.74) is 0.546. The summed E-state index contributed by atoms with van der Waals surface area (Å²) in [4.78, 5) is 19.1. The molecule has 0 aromatic heterocycles. The van der Waals surface area contributed by atoms with Gasteiger partial charge in [0, 0.05) is 57.9 Å². The third kappa shape index (κ3) is 4.09. The van der Waals surface area contributed by atoms with E-state index in [2.05, 4.69) is 16.7 Å². The van der Waals surface area contributed by atoms with E-state index in [0.29, 0.717) is 31.7 Å². The predicted molar refractivity (Wildman–Crippen MR) is 101 cm³/mol. The maximum absolute atomic E-state index is 12.8. The van der Waals surface area contributed by atoms with E-state index in [1.54, 1.807) is 24.3 Å². The summed E-state index contributed by atoms with van der Waals surface area (Å²) >= 11 is 0. The molecule has 2 aliphatic heterocycles. The van der Waals surface area contributed by atoms with Gasteiger partial charge in [-0.2, -0.15) is 4.31 Å². The summed E-state index contributed by atoms with van der Waals surface area (Å²) in [7, 11) is -1.45. The molecule has 8 heteroatoms. The van der Waals surface area contributed by atoms with Crippen LogP contribution >= 0.6 is 0 Å². The third-order valence-electron chi connectivity index (χ3n) is 5.31. The Morgan fingerprint density at radius 3 is 2.04 bits per heavy atom. The van der Waals surface area contributed by atoms with Crippen molar-refractivity contribution in [3.05, 3.63) is 29.8 Å². The van der Waals surface area contributed by atoms with Gasteiger partial charge in [-0.1, -0.05) is 6.92 Å². The van der Waals surface area contributed by atoms with Gasteiger partial charge in [-0.3, -0.25) is 4.79 Å². The molecular weight excluding hydrogens is 352 g/mol. The quantitative estimate of drug-likeness (QED) is 0.757. The highest BCUT2D eigenvalue weighted by Crippen LogP contribution is 2.19. The molecule has 7 nitrogen and oxygen atoms in total. The smallest absolute Gasteiger partial charge is 0.253 e. The fourth-order valence-corrected chi connectivity index (χ4v) is 4.82. The van der Waals surface area contributed by atoms with Crippen molar-refractivity contribution in [3.8, 4) is 0 Å². The summed E-state index contributed by atoms with van der Waals surface area (Å²) in [5, 5.41) is 0. The van der Waals surface area contributed by atoms with Gasteiger partial charge in [0.2, 0.25) is 10.0 Å². The molecule has 2 fully saturated rings. The lowest BCUT2D eigenvalue weighted by Gasteiger charge is -2.33. The SMILES string of the molecule is CCN1CCN(S(=O)(=O)c2ccc(C(=O)N3CCN(C)CC3)cc2)CC1. The van der Waals surface area contributed by atoms with Crippen LogP contribution in [-0.4, -0.2) is 99.3 Å². The molecule has 0 radical (unpaired) electrons. The van der Waals surface area contributed by atoms with Gasteiger partial charge in [-0.15, -0.1) is 0 Å². The highest BCUT2D eigenvalue weighted by Gasteiger charge is 2.28. The van der Waals surface area contributed by atoms with E-state index in [1.807, 2.05) is 11.9 Å². The minimum Gasteiger partial charge on any atom is -0.336 e. The molecule has 1 aromatic carbocycles. The van der Waals surface area contributed by atoms with Crippen LogP contribution in [0.1, 0.15) is 17.3 Å². The molecule has 0 spiro atoms. The Hall–Kier alpha value is -1.48. The minimum atomic E-state index is -3.49. The second kappa shape index (κ2) is 8.04. The molecule has 3 rings (SSSR count). The van der Waals surface area contributed by atoms with Crippen LogP contribution in [0, 0.1) is 0 Å². The van der Waals surface area contributed by atoms with Crippen LogP contribution in [0.3, 0.4) is 0 Å². The molecule has 0 atom stereocenters. The van der Waals surface area contributed by atoms with Crippen LogP contribution in [0.25, 0.3) is 0 Å². The highest BCUT2D eigenvalue weighted by atomic mass is 32.2. The van der Waals surface area contributed by atoms with E-state index in [9.17, 15) is 13.2 Å². The molecule has 0 aliphatic carbocycles. The first-order chi connectivity index (χ1) is 12.4. The van der Waals surface area contributed by atoms with E-state index >= 15 is 0 Å². The molecule has 2 aliphatic rings. The van der Waals surface area contributed by atoms with Crippen molar-refractivity contribution in [1.29, 1.82) is 0 Å². The third-order valence-corrected chi connectivity index (χ3v) is 7.22. The number of rotatable bonds is 4. The number of sulfonamides is 1. The Morgan fingerprint density at radius 2 is 1.50 bits per heavy atom. The number of carbonyl (C=O) groups excluding carboxylic acids is 1. The highest BCUT2D eigenvalue weighted by molar-refractivity contribution is 7.89. The zero-order valence-corrected chi connectivity index (χ0v) is 16.4. The summed E-state index contributed by atoms with van der Waals surface area (Å²) < 4.78 is 27.2. The zero-order chi connectivity index (χ0) is 18.7. The van der Waals surface area contributed by atoms with Crippen molar-refractivity contribution in [1.82, 2.24) is 19.0 Å². The Kier molecular flexibility index (Phi) is 5.96. The first kappa shape index (κ1) is 19.3. The number of piperazine rings is 2. The first-order valence-electron chi connectivity index (χ1n) is 9.22. The van der Waals surface area contributed by atoms with E-state index in [1.165, 1.54) is 4.31 Å². The van der Waals surface area contributed by atoms with Crippen molar-refractivity contribution in [2.75, 3.05) is 66.0 Å². The van der Waals surface area contributed by atoms with E-state index < -0.39 is 10.0 Å². The largest absolute Gasteiger partial charge is 0.336 e. The van der Waals surface area contributed by atoms with Crippen molar-refractivity contribution in [2.24, 2.45) is 0 Å². The number of carbonyl (C=O) groups is 1. The van der Waals surface area contributed by atoms with Crippen LogP contribution in [-0.2, 0) is 10.0 Å². The normalized spacial score (nSPS) is 21.1. The molecule has 2 saturated heterocycles. The van der Waals surface area contributed by atoms with Gasteiger partial charge in [-0.25, -0.2) is 8.42 Å². The lowest BCUT2D eigenvalue weighted by Crippen LogP contribution is -2.48. The van der Waals surface area contributed by atoms with Crippen molar-refractivity contribution in [3.63, 3.8) is 0 Å². The topological polar surface area (TPSA) is 64.2 Å². The molecule has 144 valence electrons. The van der Waals surface area contributed by atoms with Gasteiger partial charge in [0.05, 0.1) is 4.90 Å². The maximum Gasteiger partial charge on any atom is 0.253 e. The summed E-state index contributed by atoms with van der Waals surface area (Å²) in [6.45, 7) is 8.71. The minimum absolute atomic E-state index is 0.0291. The lowest BCUT2D eigenvalue weighted by molar-refractivity contribution is 0.0664. The van der Waals surface area contributed by atoms with Crippen molar-refractivity contribution in [2.45, 2.75) is 11.8 Å². The number of hydrogen-bond acceptors (Lipinski definition) is 5. The Balaban J connectivity index is 1.68. The molecule has 2 heterocycles. The van der Waals surface area contributed by atoms with Gasteiger partial charge in [0.15, 0.2) is 0 Å². The number of nitrogens with zero attached hydrogens (tertiary/aromatic N) is 4. The molecule has 0 bridgehead atoms. The molecule has 1 amide bonds. The Morgan fingerprint density at radius 1 is 0.923 bits per heavy atom. The van der Waals surface area contributed by atoms with E-state index in [4.69, 9.17) is 0 Å². The number of amides is 1. The number of likely N-dealkylation sites (N-methyl/N-ethyl adjacent to an activating group) is 2. The monoisotopic (exact) mass is 380 g/mol. The van der Waals surface area contributed by atoms with Crippen molar-refractivity contribution < 1.29 is 13.2 Å². The van der Waals surface area contributed by atoms with Crippen molar-refractivity contribution >= 4 is 15.9 Å². The van der Waals surface area contributed by atoms with E-state index in [-0.39, 0.29) is 10.8 Å². The van der Waals surface area contributed by atoms with Crippen LogP contribution < -0.4 is 0 Å². The fraction of sp³-hybridized carbons (Fsp3) is 0.611. The lowest BCUT2D eigenvalue weighted by atomic mass is 10.2. The van der Waals surface area contributed by atoms with Gasteiger partial charge < -0.3 is 14.7 Å². The average Bonchev–Trinajstić information content (AvgIpc) is 2.68. The molecule has 0 N–H and O–H groups in total. The van der Waals surface area contributed by atoms with Gasteiger partial charge in [0.1, 0.15) is 0 Å². The van der Waals surface area contributed by atoms with Crippen LogP contribution in [0.4, 0.5) is 0 Å². The molecule has 1 aromatic rings. The number of hydrogen-bond donors (Lipinski definition) is 0. The Labute approximate surface area is 156 Å². The fourth-order valence-electron chi connectivity index (χ4n) is 3.40. The van der Waals surface area contributed by atoms with Crippen LogP contribution in [0.5, 0.6) is 0 Å². The van der Waals surface area contributed by atoms with Gasteiger partial charge in [0.25, 0.3) is 5.91 Å². The molecular formula is C18H28N4O3S. The molecule has 0 unspecified atom stereocenters. The van der Waals surface area contributed by atoms with E-state index in [0.717, 1.165) is 32.7 Å². The van der Waals surface area contributed by atoms with Gasteiger partial charge >= 0.3 is 0 Å². The molecule has 26 heavy (non-hydrogen) atoms. The van der Waals surface area contributed by atoms with Gasteiger partial charge in [-0.05, 0) is 37.9 Å². The first-order valence-corrected chi connectivity index (χ1v) is 10.7. The Bertz CT molecular complexity index is 719. The second-order valence-electron chi connectivity index (χ2n) is 6.96. The average molecular weight is 381 g/mol. The summed E-state index contributed by atoms with van der Waals surface area (Å²) in [6, 6.07) is 6.39. The summed E-state index contributed by atoms with van der Waals surface area (Å²) in [5.74, 6) is -0.0291. The zero-order valence-electron chi connectivity index (χ0n) is 15.6.